The van der Waals surface area contributed by atoms with E-state index in [4.69, 9.17) is 18.0 Å². The van der Waals surface area contributed by atoms with Crippen LogP contribution in [0.2, 0.25) is 0 Å². The van der Waals surface area contributed by atoms with Crippen LogP contribution in [0.25, 0.3) is 0 Å². The van der Waals surface area contributed by atoms with Crippen molar-refractivity contribution in [3.8, 4) is 0 Å². The van der Waals surface area contributed by atoms with Crippen molar-refractivity contribution in [1.29, 1.82) is 0 Å². The Hall–Kier alpha value is -1.42. The molecule has 0 aliphatic rings. The van der Waals surface area contributed by atoms with E-state index in [9.17, 15) is 4.79 Å². The van der Waals surface area contributed by atoms with E-state index in [1.54, 1.807) is 0 Å². The van der Waals surface area contributed by atoms with Crippen molar-refractivity contribution in [1.82, 2.24) is 0 Å². The van der Waals surface area contributed by atoms with Gasteiger partial charge in [0.15, 0.2) is 0 Å². The molecule has 0 saturated carbocycles. The van der Waals surface area contributed by atoms with Crippen LogP contribution in [0.3, 0.4) is 0 Å². The highest BCUT2D eigenvalue weighted by Gasteiger charge is 2.20. The van der Waals surface area contributed by atoms with E-state index in [1.807, 2.05) is 31.2 Å². The standard InChI is InChI=1S/C14H20N2OS/c1-3-6-12(13(15)18)14(17)16-11-8-5-7-10(4-2)9-11/h5,7-9,12H,3-4,6H2,1-2H3,(H2,15,18)(H,16,17). The number of hydrogen-bond donors (Lipinski definition) is 2. The van der Waals surface area contributed by atoms with E-state index in [-0.39, 0.29) is 16.8 Å². The number of thiocarbonyl (C=S) groups is 1. The van der Waals surface area contributed by atoms with Gasteiger partial charge in [0.25, 0.3) is 0 Å². The normalized spacial score (nSPS) is 11.9. The number of carbonyl (C=O) groups excluding carboxylic acids is 1. The van der Waals surface area contributed by atoms with Gasteiger partial charge in [-0.3, -0.25) is 4.79 Å². The summed E-state index contributed by atoms with van der Waals surface area (Å²) in [6.45, 7) is 4.09. The lowest BCUT2D eigenvalue weighted by Gasteiger charge is -2.15. The lowest BCUT2D eigenvalue weighted by atomic mass is 10.0. The van der Waals surface area contributed by atoms with Gasteiger partial charge in [-0.1, -0.05) is 44.6 Å². The molecular formula is C14H20N2OS. The molecule has 18 heavy (non-hydrogen) atoms. The summed E-state index contributed by atoms with van der Waals surface area (Å²) in [6.07, 6.45) is 2.51. The predicted octanol–water partition coefficient (Wildman–Crippen LogP) is 2.89. The molecule has 1 aromatic rings. The first-order valence-electron chi connectivity index (χ1n) is 6.27. The summed E-state index contributed by atoms with van der Waals surface area (Å²) >= 11 is 4.94. The molecule has 0 bridgehead atoms. The van der Waals surface area contributed by atoms with Gasteiger partial charge >= 0.3 is 0 Å². The van der Waals surface area contributed by atoms with Crippen molar-refractivity contribution >= 4 is 28.8 Å². The fourth-order valence-electron chi connectivity index (χ4n) is 1.79. The number of carbonyl (C=O) groups is 1. The minimum Gasteiger partial charge on any atom is -0.393 e. The van der Waals surface area contributed by atoms with Crippen molar-refractivity contribution in [2.24, 2.45) is 11.7 Å². The maximum atomic E-state index is 12.1. The average molecular weight is 264 g/mol. The van der Waals surface area contributed by atoms with Gasteiger partial charge in [-0.2, -0.15) is 0 Å². The third-order valence-electron chi connectivity index (χ3n) is 2.84. The average Bonchev–Trinajstić information content (AvgIpc) is 2.35. The van der Waals surface area contributed by atoms with Gasteiger partial charge in [0.05, 0.1) is 10.9 Å². The van der Waals surface area contributed by atoms with Crippen molar-refractivity contribution in [3.05, 3.63) is 29.8 Å². The molecular weight excluding hydrogens is 244 g/mol. The molecule has 1 atom stereocenters. The lowest BCUT2D eigenvalue weighted by Crippen LogP contribution is -2.33. The van der Waals surface area contributed by atoms with E-state index in [1.165, 1.54) is 5.56 Å². The number of rotatable bonds is 6. The Bertz CT molecular complexity index is 432. The molecule has 0 saturated heterocycles. The summed E-state index contributed by atoms with van der Waals surface area (Å²) in [5, 5.41) is 2.88. The third kappa shape index (κ3) is 4.11. The maximum absolute atomic E-state index is 12.1. The highest BCUT2D eigenvalue weighted by Crippen LogP contribution is 2.14. The minimum absolute atomic E-state index is 0.113. The first kappa shape index (κ1) is 14.6. The Balaban J connectivity index is 2.75. The van der Waals surface area contributed by atoms with Crippen LogP contribution in [0.4, 0.5) is 5.69 Å². The number of anilines is 1. The van der Waals surface area contributed by atoms with Gasteiger partial charge in [0, 0.05) is 5.69 Å². The van der Waals surface area contributed by atoms with Gasteiger partial charge in [-0.25, -0.2) is 0 Å². The number of nitrogens with two attached hydrogens (primary N) is 1. The molecule has 0 radical (unpaired) electrons. The maximum Gasteiger partial charge on any atom is 0.234 e. The van der Waals surface area contributed by atoms with Gasteiger partial charge < -0.3 is 11.1 Å². The Morgan fingerprint density at radius 1 is 1.44 bits per heavy atom. The number of amides is 1. The van der Waals surface area contributed by atoms with Gasteiger partial charge in [-0.05, 0) is 30.5 Å². The topological polar surface area (TPSA) is 55.1 Å². The molecule has 0 spiro atoms. The van der Waals surface area contributed by atoms with Crippen LogP contribution >= 0.6 is 12.2 Å². The summed E-state index contributed by atoms with van der Waals surface area (Å²) in [5.41, 5.74) is 7.60. The Morgan fingerprint density at radius 2 is 2.17 bits per heavy atom. The molecule has 1 aromatic carbocycles. The van der Waals surface area contributed by atoms with Gasteiger partial charge in [-0.15, -0.1) is 0 Å². The van der Waals surface area contributed by atoms with Crippen LogP contribution in [-0.2, 0) is 11.2 Å². The van der Waals surface area contributed by atoms with Crippen LogP contribution in [0.1, 0.15) is 32.3 Å². The first-order valence-corrected chi connectivity index (χ1v) is 6.68. The number of benzene rings is 1. The fourth-order valence-corrected chi connectivity index (χ4v) is 2.01. The number of aryl methyl sites for hydroxylation is 1. The van der Waals surface area contributed by atoms with Gasteiger partial charge in [0.1, 0.15) is 0 Å². The van der Waals surface area contributed by atoms with E-state index in [0.29, 0.717) is 6.42 Å². The third-order valence-corrected chi connectivity index (χ3v) is 3.12. The second-order valence-corrected chi connectivity index (χ2v) is 4.76. The van der Waals surface area contributed by atoms with Crippen LogP contribution < -0.4 is 11.1 Å². The molecule has 1 unspecified atom stereocenters. The molecule has 0 heterocycles. The molecule has 0 fully saturated rings. The zero-order valence-corrected chi connectivity index (χ0v) is 11.7. The van der Waals surface area contributed by atoms with E-state index < -0.39 is 0 Å². The second kappa shape index (κ2) is 7.11. The summed E-state index contributed by atoms with van der Waals surface area (Å²) in [6, 6.07) is 7.82. The number of hydrogen-bond acceptors (Lipinski definition) is 2. The SMILES string of the molecule is CCCC(C(=O)Nc1cccc(CC)c1)C(N)=S. The summed E-state index contributed by atoms with van der Waals surface area (Å²) in [7, 11) is 0. The second-order valence-electron chi connectivity index (χ2n) is 4.29. The Labute approximate surface area is 114 Å². The smallest absolute Gasteiger partial charge is 0.234 e. The largest absolute Gasteiger partial charge is 0.393 e. The van der Waals surface area contributed by atoms with Crippen LogP contribution in [0, 0.1) is 5.92 Å². The van der Waals surface area contributed by atoms with Crippen molar-refractivity contribution < 1.29 is 4.79 Å². The highest BCUT2D eigenvalue weighted by atomic mass is 32.1. The first-order chi connectivity index (χ1) is 8.58. The molecule has 4 heteroatoms. The molecule has 3 N–H and O–H groups in total. The molecule has 1 rings (SSSR count). The molecule has 98 valence electrons. The minimum atomic E-state index is -0.379. The molecule has 0 aromatic heterocycles. The fraction of sp³-hybridized carbons (Fsp3) is 0.429. The molecule has 0 aliphatic heterocycles. The van der Waals surface area contributed by atoms with Crippen molar-refractivity contribution in [2.45, 2.75) is 33.1 Å². The number of nitrogens with one attached hydrogen (secondary N) is 1. The van der Waals surface area contributed by atoms with E-state index in [0.717, 1.165) is 18.5 Å². The lowest BCUT2D eigenvalue weighted by molar-refractivity contribution is -0.118. The monoisotopic (exact) mass is 264 g/mol. The van der Waals surface area contributed by atoms with Gasteiger partial charge in [0.2, 0.25) is 5.91 Å². The molecule has 1 amide bonds. The van der Waals surface area contributed by atoms with Crippen molar-refractivity contribution in [2.75, 3.05) is 5.32 Å². The van der Waals surface area contributed by atoms with Crippen LogP contribution in [0.15, 0.2) is 24.3 Å². The molecule has 3 nitrogen and oxygen atoms in total. The highest BCUT2D eigenvalue weighted by molar-refractivity contribution is 7.80. The zero-order valence-electron chi connectivity index (χ0n) is 10.9. The summed E-state index contributed by atoms with van der Waals surface area (Å²) in [5.74, 6) is -0.493. The van der Waals surface area contributed by atoms with Crippen LogP contribution in [-0.4, -0.2) is 10.9 Å². The predicted molar refractivity (Wildman–Crippen MR) is 79.6 cm³/mol. The Kier molecular flexibility index (Phi) is 5.78. The van der Waals surface area contributed by atoms with E-state index in [2.05, 4.69) is 12.2 Å². The zero-order chi connectivity index (χ0) is 13.5. The van der Waals surface area contributed by atoms with E-state index >= 15 is 0 Å². The van der Waals surface area contributed by atoms with Crippen LogP contribution in [0.5, 0.6) is 0 Å². The summed E-state index contributed by atoms with van der Waals surface area (Å²) < 4.78 is 0. The Morgan fingerprint density at radius 3 is 2.72 bits per heavy atom. The quantitative estimate of drug-likeness (QED) is 0.777. The summed E-state index contributed by atoms with van der Waals surface area (Å²) in [4.78, 5) is 12.3. The van der Waals surface area contributed by atoms with Crippen molar-refractivity contribution in [3.63, 3.8) is 0 Å². The molecule has 0 aliphatic carbocycles.